The molecule has 3 aromatic carbocycles. The third-order valence-electron chi connectivity index (χ3n) is 8.12. The van der Waals surface area contributed by atoms with Crippen LogP contribution in [0.25, 0.3) is 10.9 Å². The fourth-order valence-electron chi connectivity index (χ4n) is 6.26. The Morgan fingerprint density at radius 2 is 1.78 bits per heavy atom. The molecule has 0 radical (unpaired) electrons. The van der Waals surface area contributed by atoms with Crippen molar-refractivity contribution in [2.24, 2.45) is 0 Å². The Morgan fingerprint density at radius 3 is 2.61 bits per heavy atom. The van der Waals surface area contributed by atoms with Crippen LogP contribution in [0.1, 0.15) is 41.4 Å². The van der Waals surface area contributed by atoms with Crippen LogP contribution < -0.4 is 4.90 Å². The molecular formula is C31H34N4O. The van der Waals surface area contributed by atoms with Gasteiger partial charge in [0.25, 0.3) is 0 Å². The van der Waals surface area contributed by atoms with Crippen molar-refractivity contribution < 1.29 is 4.79 Å². The van der Waals surface area contributed by atoms with Gasteiger partial charge in [0.15, 0.2) is 0 Å². The number of anilines is 1. The lowest BCUT2D eigenvalue weighted by Crippen LogP contribution is -2.53. The SMILES string of the molecule is CN(C)C1CC(c2ccccc2)CCN1C(=O)C1CN(Cc2cccc3[nH]ccc23)c2ccccc21. The van der Waals surface area contributed by atoms with Gasteiger partial charge in [0.2, 0.25) is 5.91 Å². The van der Waals surface area contributed by atoms with E-state index in [9.17, 15) is 4.79 Å². The molecule has 3 atom stereocenters. The average molecular weight is 479 g/mol. The number of para-hydroxylation sites is 1. The molecule has 0 aliphatic carbocycles. The first-order valence-electron chi connectivity index (χ1n) is 13.0. The number of rotatable bonds is 5. The van der Waals surface area contributed by atoms with Crippen LogP contribution >= 0.6 is 0 Å². The van der Waals surface area contributed by atoms with Gasteiger partial charge in [0.1, 0.15) is 0 Å². The van der Waals surface area contributed by atoms with Crippen molar-refractivity contribution in [2.45, 2.75) is 37.4 Å². The molecule has 2 aliphatic heterocycles. The van der Waals surface area contributed by atoms with Crippen LogP contribution in [-0.4, -0.2) is 54.0 Å². The van der Waals surface area contributed by atoms with E-state index in [-0.39, 0.29) is 18.0 Å². The minimum Gasteiger partial charge on any atom is -0.366 e. The Kier molecular flexibility index (Phi) is 6.02. The van der Waals surface area contributed by atoms with E-state index in [1.807, 2.05) is 6.20 Å². The number of hydrogen-bond donors (Lipinski definition) is 1. The summed E-state index contributed by atoms with van der Waals surface area (Å²) in [5.41, 5.74) is 6.16. The van der Waals surface area contributed by atoms with Gasteiger partial charge in [0.05, 0.1) is 12.1 Å². The minimum absolute atomic E-state index is 0.103. The second-order valence-corrected chi connectivity index (χ2v) is 10.5. The Labute approximate surface area is 213 Å². The molecule has 1 fully saturated rings. The van der Waals surface area contributed by atoms with E-state index in [1.54, 1.807) is 0 Å². The van der Waals surface area contributed by atoms with Crippen molar-refractivity contribution in [3.63, 3.8) is 0 Å². The summed E-state index contributed by atoms with van der Waals surface area (Å²) in [6.45, 7) is 2.31. The molecule has 0 bridgehead atoms. The molecule has 0 saturated carbocycles. The Bertz CT molecular complexity index is 1360. The van der Waals surface area contributed by atoms with E-state index in [2.05, 4.69) is 113 Å². The van der Waals surface area contributed by atoms with Crippen LogP contribution in [0.5, 0.6) is 0 Å². The maximum Gasteiger partial charge on any atom is 0.233 e. The number of H-pyrrole nitrogens is 1. The number of carbonyl (C=O) groups is 1. The highest BCUT2D eigenvalue weighted by Crippen LogP contribution is 2.41. The maximum atomic E-state index is 14.2. The van der Waals surface area contributed by atoms with Crippen LogP contribution in [0, 0.1) is 0 Å². The Hall–Kier alpha value is -3.57. The standard InChI is InChI=1S/C31H34N4O/c1-33(2)30-19-23(22-9-4-3-5-10-22)16-18-35(30)31(36)27-21-34(29-14-7-6-12-26(27)29)20-24-11-8-13-28-25(24)15-17-32-28/h3-15,17,23,27,30,32H,16,18-21H2,1-2H3. The van der Waals surface area contributed by atoms with Crippen LogP contribution in [0.4, 0.5) is 5.69 Å². The highest BCUT2D eigenvalue weighted by atomic mass is 16.2. The highest BCUT2D eigenvalue weighted by molar-refractivity contribution is 5.89. The zero-order valence-electron chi connectivity index (χ0n) is 21.1. The number of aromatic nitrogens is 1. The molecule has 5 nitrogen and oxygen atoms in total. The van der Waals surface area contributed by atoms with Gasteiger partial charge in [0, 0.05) is 42.4 Å². The summed E-state index contributed by atoms with van der Waals surface area (Å²) >= 11 is 0. The summed E-state index contributed by atoms with van der Waals surface area (Å²) in [7, 11) is 4.20. The Balaban J connectivity index is 1.25. The van der Waals surface area contributed by atoms with E-state index in [0.717, 1.165) is 43.6 Å². The van der Waals surface area contributed by atoms with Gasteiger partial charge in [-0.05, 0) is 67.7 Å². The molecule has 6 rings (SSSR count). The molecule has 184 valence electrons. The number of aromatic amines is 1. The van der Waals surface area contributed by atoms with Gasteiger partial charge < -0.3 is 14.8 Å². The van der Waals surface area contributed by atoms with Crippen molar-refractivity contribution >= 4 is 22.5 Å². The number of nitrogens with one attached hydrogen (secondary N) is 1. The maximum absolute atomic E-state index is 14.2. The molecule has 1 amide bonds. The number of hydrogen-bond acceptors (Lipinski definition) is 3. The van der Waals surface area contributed by atoms with Gasteiger partial charge in [-0.1, -0.05) is 60.7 Å². The van der Waals surface area contributed by atoms with Gasteiger partial charge in [-0.2, -0.15) is 0 Å². The summed E-state index contributed by atoms with van der Waals surface area (Å²) < 4.78 is 0. The molecule has 36 heavy (non-hydrogen) atoms. The van der Waals surface area contributed by atoms with Crippen LogP contribution in [0.15, 0.2) is 85.1 Å². The number of nitrogens with zero attached hydrogens (tertiary/aromatic N) is 3. The largest absolute Gasteiger partial charge is 0.366 e. The predicted molar refractivity (Wildman–Crippen MR) is 146 cm³/mol. The second kappa shape index (κ2) is 9.47. The summed E-state index contributed by atoms with van der Waals surface area (Å²) in [6.07, 6.45) is 4.08. The molecule has 1 saturated heterocycles. The number of amides is 1. The topological polar surface area (TPSA) is 42.6 Å². The lowest BCUT2D eigenvalue weighted by atomic mass is 9.86. The molecule has 3 unspecified atom stereocenters. The fourth-order valence-corrected chi connectivity index (χ4v) is 6.26. The highest BCUT2D eigenvalue weighted by Gasteiger charge is 2.40. The molecule has 5 heteroatoms. The van der Waals surface area contributed by atoms with E-state index in [0.29, 0.717) is 5.92 Å². The zero-order chi connectivity index (χ0) is 24.6. The summed E-state index contributed by atoms with van der Waals surface area (Å²) in [5.74, 6) is 0.606. The number of piperidine rings is 1. The number of likely N-dealkylation sites (tertiary alicyclic amines) is 1. The predicted octanol–water partition coefficient (Wildman–Crippen LogP) is 5.57. The van der Waals surface area contributed by atoms with Crippen molar-refractivity contribution in [3.05, 3.63) is 102 Å². The number of benzene rings is 3. The van der Waals surface area contributed by atoms with E-state index < -0.39 is 0 Å². The molecule has 1 aromatic heterocycles. The van der Waals surface area contributed by atoms with Crippen LogP contribution in [0.2, 0.25) is 0 Å². The first kappa shape index (κ1) is 22.9. The zero-order valence-corrected chi connectivity index (χ0v) is 21.1. The molecular weight excluding hydrogens is 444 g/mol. The monoisotopic (exact) mass is 478 g/mol. The third kappa shape index (κ3) is 4.07. The fraction of sp³-hybridized carbons (Fsp3) is 0.323. The van der Waals surface area contributed by atoms with E-state index in [1.165, 1.54) is 22.2 Å². The van der Waals surface area contributed by atoms with E-state index in [4.69, 9.17) is 0 Å². The minimum atomic E-state index is -0.137. The summed E-state index contributed by atoms with van der Waals surface area (Å²) in [6, 6.07) is 27.8. The van der Waals surface area contributed by atoms with Gasteiger partial charge in [-0.3, -0.25) is 9.69 Å². The van der Waals surface area contributed by atoms with Crippen molar-refractivity contribution in [1.82, 2.24) is 14.8 Å². The van der Waals surface area contributed by atoms with Crippen molar-refractivity contribution in [2.75, 3.05) is 32.1 Å². The van der Waals surface area contributed by atoms with Crippen molar-refractivity contribution in [3.8, 4) is 0 Å². The van der Waals surface area contributed by atoms with Crippen LogP contribution in [0.3, 0.4) is 0 Å². The third-order valence-corrected chi connectivity index (χ3v) is 8.12. The van der Waals surface area contributed by atoms with Gasteiger partial charge >= 0.3 is 0 Å². The van der Waals surface area contributed by atoms with Crippen LogP contribution in [-0.2, 0) is 11.3 Å². The Morgan fingerprint density at radius 1 is 0.972 bits per heavy atom. The molecule has 2 aliphatic rings. The number of fused-ring (bicyclic) bond motifs is 2. The normalized spacial score (nSPS) is 21.8. The first-order chi connectivity index (χ1) is 17.6. The van der Waals surface area contributed by atoms with Gasteiger partial charge in [-0.25, -0.2) is 0 Å². The smallest absolute Gasteiger partial charge is 0.233 e. The first-order valence-corrected chi connectivity index (χ1v) is 13.0. The quantitative estimate of drug-likeness (QED) is 0.408. The summed E-state index contributed by atoms with van der Waals surface area (Å²) in [5, 5.41) is 1.25. The molecule has 0 spiro atoms. The molecule has 1 N–H and O–H groups in total. The second-order valence-electron chi connectivity index (χ2n) is 10.5. The van der Waals surface area contributed by atoms with Gasteiger partial charge in [-0.15, -0.1) is 0 Å². The van der Waals surface area contributed by atoms with Crippen molar-refractivity contribution in [1.29, 1.82) is 0 Å². The summed E-state index contributed by atoms with van der Waals surface area (Å²) in [4.78, 5) is 24.2. The lowest BCUT2D eigenvalue weighted by molar-refractivity contribution is -0.140. The number of carbonyl (C=O) groups excluding carboxylic acids is 1. The lowest BCUT2D eigenvalue weighted by Gasteiger charge is -2.44. The average Bonchev–Trinajstić information content (AvgIpc) is 3.54. The van der Waals surface area contributed by atoms with E-state index >= 15 is 0 Å². The molecule has 4 aromatic rings. The molecule has 3 heterocycles.